The smallest absolute Gasteiger partial charge is 0.0670 e. The van der Waals surface area contributed by atoms with Gasteiger partial charge in [-0.05, 0) is 47.9 Å². The zero-order valence-electron chi connectivity index (χ0n) is 12.8. The lowest BCUT2D eigenvalue weighted by Gasteiger charge is -2.39. The van der Waals surface area contributed by atoms with Gasteiger partial charge in [0.1, 0.15) is 0 Å². The molecule has 2 N–H and O–H groups in total. The summed E-state index contributed by atoms with van der Waals surface area (Å²) in [5, 5.41) is 8.85. The molecule has 1 aromatic carbocycles. The minimum atomic E-state index is 0.387. The number of rotatable bonds is 2. The van der Waals surface area contributed by atoms with Gasteiger partial charge in [-0.1, -0.05) is 20.8 Å². The van der Waals surface area contributed by atoms with Crippen LogP contribution < -0.4 is 10.6 Å². The Bertz CT molecular complexity index is 500. The molecule has 2 rings (SSSR count). The number of nitrogen functional groups attached to an aromatic ring is 1. The maximum Gasteiger partial charge on any atom is 0.0670 e. The number of hydrogen-bond donors (Lipinski definition) is 1. The van der Waals surface area contributed by atoms with E-state index < -0.39 is 0 Å². The molecule has 1 aliphatic rings. The van der Waals surface area contributed by atoms with Crippen LogP contribution in [0.2, 0.25) is 0 Å². The molecule has 1 aromatic rings. The Morgan fingerprint density at radius 1 is 1.30 bits per heavy atom. The Morgan fingerprint density at radius 2 is 1.95 bits per heavy atom. The summed E-state index contributed by atoms with van der Waals surface area (Å²) in [5.74, 6) is 0.797. The molecule has 0 unspecified atom stereocenters. The van der Waals surface area contributed by atoms with Gasteiger partial charge in [0, 0.05) is 24.5 Å². The highest BCUT2D eigenvalue weighted by Gasteiger charge is 2.28. The van der Waals surface area contributed by atoms with Gasteiger partial charge < -0.3 is 10.6 Å². The third kappa shape index (κ3) is 3.25. The summed E-state index contributed by atoms with van der Waals surface area (Å²) in [6, 6.07) is 8.27. The van der Waals surface area contributed by atoms with Crippen LogP contribution in [0.3, 0.4) is 0 Å². The highest BCUT2D eigenvalue weighted by atomic mass is 15.1. The largest absolute Gasteiger partial charge is 0.398 e. The average molecular weight is 271 g/mol. The van der Waals surface area contributed by atoms with Gasteiger partial charge in [-0.15, -0.1) is 0 Å². The molecule has 20 heavy (non-hydrogen) atoms. The molecule has 1 fully saturated rings. The van der Waals surface area contributed by atoms with Crippen molar-refractivity contribution < 1.29 is 0 Å². The third-order valence-corrected chi connectivity index (χ3v) is 4.48. The predicted octanol–water partition coefficient (Wildman–Crippen LogP) is 3.60. The van der Waals surface area contributed by atoms with Gasteiger partial charge in [-0.3, -0.25) is 0 Å². The maximum atomic E-state index is 8.85. The molecule has 3 nitrogen and oxygen atoms in total. The second kappa shape index (κ2) is 5.75. The van der Waals surface area contributed by atoms with Crippen molar-refractivity contribution in [3.05, 3.63) is 23.8 Å². The summed E-state index contributed by atoms with van der Waals surface area (Å²) in [5.41, 5.74) is 9.19. The first-order chi connectivity index (χ1) is 9.41. The lowest BCUT2D eigenvalue weighted by Crippen LogP contribution is -2.38. The molecule has 0 atom stereocenters. The van der Waals surface area contributed by atoms with E-state index in [-0.39, 0.29) is 0 Å². The monoisotopic (exact) mass is 271 g/mol. The first-order valence-electron chi connectivity index (χ1n) is 7.42. The molecule has 108 valence electrons. The Labute approximate surface area is 122 Å². The predicted molar refractivity (Wildman–Crippen MR) is 84.6 cm³/mol. The molecular weight excluding hydrogens is 246 g/mol. The standard InChI is InChI=1S/C17H25N3/c1-17(2,3)14-7-10-20(11-8-14)15-4-5-16(19)13(12-15)6-9-18/h4-5,12,14H,6-8,10-11,19H2,1-3H3. The zero-order chi connectivity index (χ0) is 14.8. The summed E-state index contributed by atoms with van der Waals surface area (Å²) in [4.78, 5) is 2.42. The van der Waals surface area contributed by atoms with Gasteiger partial charge in [0.05, 0.1) is 12.5 Å². The van der Waals surface area contributed by atoms with Crippen LogP contribution in [0.1, 0.15) is 39.2 Å². The first-order valence-corrected chi connectivity index (χ1v) is 7.42. The minimum Gasteiger partial charge on any atom is -0.398 e. The fraction of sp³-hybridized carbons (Fsp3) is 0.588. The lowest BCUT2D eigenvalue weighted by molar-refractivity contribution is 0.199. The molecule has 0 amide bonds. The van der Waals surface area contributed by atoms with E-state index in [1.165, 1.54) is 18.5 Å². The van der Waals surface area contributed by atoms with Crippen molar-refractivity contribution in [1.82, 2.24) is 0 Å². The summed E-state index contributed by atoms with van der Waals surface area (Å²) in [6.45, 7) is 9.19. The van der Waals surface area contributed by atoms with Crippen LogP contribution in [0.4, 0.5) is 11.4 Å². The van der Waals surface area contributed by atoms with Gasteiger partial charge in [0.2, 0.25) is 0 Å². The molecule has 0 radical (unpaired) electrons. The van der Waals surface area contributed by atoms with Crippen molar-refractivity contribution in [1.29, 1.82) is 5.26 Å². The number of nitriles is 1. The van der Waals surface area contributed by atoms with Crippen LogP contribution in [-0.2, 0) is 6.42 Å². The molecule has 1 heterocycles. The summed E-state index contributed by atoms with van der Waals surface area (Å²) >= 11 is 0. The Balaban J connectivity index is 2.08. The Kier molecular flexibility index (Phi) is 4.23. The van der Waals surface area contributed by atoms with Gasteiger partial charge >= 0.3 is 0 Å². The van der Waals surface area contributed by atoms with Crippen LogP contribution in [0.25, 0.3) is 0 Å². The van der Waals surface area contributed by atoms with E-state index in [1.807, 2.05) is 6.07 Å². The number of benzene rings is 1. The number of anilines is 2. The highest BCUT2D eigenvalue weighted by molar-refractivity contribution is 5.59. The van der Waals surface area contributed by atoms with E-state index >= 15 is 0 Å². The highest BCUT2D eigenvalue weighted by Crippen LogP contribution is 2.35. The van der Waals surface area contributed by atoms with Gasteiger partial charge in [-0.2, -0.15) is 5.26 Å². The van der Waals surface area contributed by atoms with E-state index in [4.69, 9.17) is 11.0 Å². The SMILES string of the molecule is CC(C)(C)C1CCN(c2ccc(N)c(CC#N)c2)CC1. The van der Waals surface area contributed by atoms with Gasteiger partial charge in [0.15, 0.2) is 0 Å². The van der Waals surface area contributed by atoms with Crippen molar-refractivity contribution in [3.8, 4) is 6.07 Å². The number of hydrogen-bond acceptors (Lipinski definition) is 3. The molecular formula is C17H25N3. The fourth-order valence-electron chi connectivity index (χ4n) is 3.03. The molecule has 3 heteroatoms. The molecule has 1 saturated heterocycles. The first kappa shape index (κ1) is 14.7. The minimum absolute atomic E-state index is 0.387. The third-order valence-electron chi connectivity index (χ3n) is 4.48. The molecule has 0 spiro atoms. The number of nitrogens with zero attached hydrogens (tertiary/aromatic N) is 2. The van der Waals surface area contributed by atoms with Crippen molar-refractivity contribution in [3.63, 3.8) is 0 Å². The van der Waals surface area contributed by atoms with Crippen molar-refractivity contribution in [2.75, 3.05) is 23.7 Å². The summed E-state index contributed by atoms with van der Waals surface area (Å²) in [7, 11) is 0. The number of piperidine rings is 1. The Morgan fingerprint density at radius 3 is 2.50 bits per heavy atom. The molecule has 0 bridgehead atoms. The van der Waals surface area contributed by atoms with Crippen LogP contribution in [0.15, 0.2) is 18.2 Å². The van der Waals surface area contributed by atoms with E-state index in [0.29, 0.717) is 11.8 Å². The topological polar surface area (TPSA) is 53.0 Å². The Hall–Kier alpha value is -1.69. The van der Waals surface area contributed by atoms with Crippen LogP contribution in [0, 0.1) is 22.7 Å². The van der Waals surface area contributed by atoms with Crippen molar-refractivity contribution in [2.24, 2.45) is 11.3 Å². The summed E-state index contributed by atoms with van der Waals surface area (Å²) in [6.07, 6.45) is 2.86. The quantitative estimate of drug-likeness (QED) is 0.836. The van der Waals surface area contributed by atoms with Crippen LogP contribution >= 0.6 is 0 Å². The van der Waals surface area contributed by atoms with E-state index in [1.54, 1.807) is 0 Å². The summed E-state index contributed by atoms with van der Waals surface area (Å²) < 4.78 is 0. The zero-order valence-corrected chi connectivity index (χ0v) is 12.8. The van der Waals surface area contributed by atoms with Gasteiger partial charge in [-0.25, -0.2) is 0 Å². The number of nitrogens with two attached hydrogens (primary N) is 1. The van der Waals surface area contributed by atoms with Crippen LogP contribution in [0.5, 0.6) is 0 Å². The van der Waals surface area contributed by atoms with Gasteiger partial charge in [0.25, 0.3) is 0 Å². The molecule has 0 aromatic heterocycles. The molecule has 0 saturated carbocycles. The normalized spacial score (nSPS) is 17.0. The van der Waals surface area contributed by atoms with Crippen molar-refractivity contribution >= 4 is 11.4 Å². The van der Waals surface area contributed by atoms with Crippen molar-refractivity contribution in [2.45, 2.75) is 40.0 Å². The van der Waals surface area contributed by atoms with E-state index in [9.17, 15) is 0 Å². The fourth-order valence-corrected chi connectivity index (χ4v) is 3.03. The van der Waals surface area contributed by atoms with E-state index in [0.717, 1.165) is 30.3 Å². The second-order valence-electron chi connectivity index (χ2n) is 6.85. The maximum absolute atomic E-state index is 8.85. The van der Waals surface area contributed by atoms with Crippen LogP contribution in [-0.4, -0.2) is 13.1 Å². The average Bonchev–Trinajstić information content (AvgIpc) is 2.41. The second-order valence-corrected chi connectivity index (χ2v) is 6.85. The molecule has 0 aliphatic carbocycles. The lowest BCUT2D eigenvalue weighted by atomic mass is 9.75. The van der Waals surface area contributed by atoms with E-state index in [2.05, 4.69) is 43.9 Å². The molecule has 1 aliphatic heterocycles.